The van der Waals surface area contributed by atoms with Gasteiger partial charge < -0.3 is 10.2 Å². The van der Waals surface area contributed by atoms with E-state index in [1.54, 1.807) is 0 Å². The number of carbonyl (C=O) groups excluding carboxylic acids is 1. The van der Waals surface area contributed by atoms with Gasteiger partial charge in [0.15, 0.2) is 0 Å². The zero-order valence-electron chi connectivity index (χ0n) is 9.00. The molecule has 1 saturated heterocycles. The van der Waals surface area contributed by atoms with Crippen LogP contribution in [0.4, 0.5) is 0 Å². The quantitative estimate of drug-likeness (QED) is 0.690. The second-order valence-corrected chi connectivity index (χ2v) is 4.37. The summed E-state index contributed by atoms with van der Waals surface area (Å²) in [6, 6.07) is 0.788. The van der Waals surface area contributed by atoms with E-state index in [1.807, 2.05) is 4.90 Å². The van der Waals surface area contributed by atoms with E-state index in [0.29, 0.717) is 24.5 Å². The molecule has 0 aliphatic carbocycles. The maximum absolute atomic E-state index is 11.5. The lowest BCUT2D eigenvalue weighted by Gasteiger charge is -2.37. The van der Waals surface area contributed by atoms with Gasteiger partial charge >= 0.3 is 0 Å². The summed E-state index contributed by atoms with van der Waals surface area (Å²) in [5.41, 5.74) is 0. The third-order valence-corrected chi connectivity index (χ3v) is 2.66. The minimum Gasteiger partial charge on any atom is -0.338 e. The molecule has 0 saturated carbocycles. The summed E-state index contributed by atoms with van der Waals surface area (Å²) in [6.45, 7) is 9.87. The van der Waals surface area contributed by atoms with E-state index in [0.717, 1.165) is 6.54 Å². The molecule has 1 aliphatic heterocycles. The van der Waals surface area contributed by atoms with E-state index in [-0.39, 0.29) is 5.91 Å². The summed E-state index contributed by atoms with van der Waals surface area (Å²) >= 11 is 0. The summed E-state index contributed by atoms with van der Waals surface area (Å²) in [5, 5.41) is 3.26. The molecule has 1 N–H and O–H groups in total. The summed E-state index contributed by atoms with van der Waals surface area (Å²) in [6.07, 6.45) is 0. The molecule has 1 rings (SSSR count). The molecule has 0 spiro atoms. The molecule has 0 aromatic rings. The average molecular weight is 184 g/mol. The largest absolute Gasteiger partial charge is 0.338 e. The number of piperazine rings is 1. The van der Waals surface area contributed by atoms with Gasteiger partial charge in [0.25, 0.3) is 0 Å². The van der Waals surface area contributed by atoms with Gasteiger partial charge in [-0.05, 0) is 19.8 Å². The van der Waals surface area contributed by atoms with E-state index in [2.05, 4.69) is 33.0 Å². The highest BCUT2D eigenvalue weighted by molar-refractivity contribution is 5.79. The molecule has 1 amide bonds. The molecular weight excluding hydrogens is 164 g/mol. The Bertz CT molecular complexity index is 189. The Morgan fingerprint density at radius 1 is 1.38 bits per heavy atom. The van der Waals surface area contributed by atoms with Gasteiger partial charge in [0, 0.05) is 18.6 Å². The van der Waals surface area contributed by atoms with Crippen LogP contribution in [0.25, 0.3) is 0 Å². The van der Waals surface area contributed by atoms with E-state index < -0.39 is 0 Å². The van der Waals surface area contributed by atoms with Gasteiger partial charge in [0.05, 0.1) is 6.54 Å². The van der Waals surface area contributed by atoms with Crippen LogP contribution in [-0.2, 0) is 4.79 Å². The fourth-order valence-corrected chi connectivity index (χ4v) is 1.64. The molecular formula is C10H20N2O. The van der Waals surface area contributed by atoms with Gasteiger partial charge in [-0.3, -0.25) is 4.79 Å². The van der Waals surface area contributed by atoms with Crippen LogP contribution in [0.5, 0.6) is 0 Å². The van der Waals surface area contributed by atoms with Crippen molar-refractivity contribution >= 4 is 5.91 Å². The van der Waals surface area contributed by atoms with Crippen LogP contribution in [0.15, 0.2) is 0 Å². The summed E-state index contributed by atoms with van der Waals surface area (Å²) in [4.78, 5) is 13.4. The molecule has 3 nitrogen and oxygen atoms in total. The van der Waals surface area contributed by atoms with Crippen LogP contribution in [-0.4, -0.2) is 36.0 Å². The highest BCUT2D eigenvalue weighted by atomic mass is 16.2. The fourth-order valence-electron chi connectivity index (χ4n) is 1.64. The molecule has 76 valence electrons. The maximum atomic E-state index is 11.5. The number of hydrogen-bond acceptors (Lipinski definition) is 2. The van der Waals surface area contributed by atoms with Gasteiger partial charge in [0.2, 0.25) is 5.91 Å². The monoisotopic (exact) mass is 184 g/mol. The minimum atomic E-state index is 0.229. The molecule has 0 unspecified atom stereocenters. The number of nitrogens with one attached hydrogen (secondary N) is 1. The molecule has 0 bridgehead atoms. The van der Waals surface area contributed by atoms with Crippen molar-refractivity contribution in [1.29, 1.82) is 0 Å². The Labute approximate surface area is 80.5 Å². The van der Waals surface area contributed by atoms with Gasteiger partial charge in [0.1, 0.15) is 0 Å². The van der Waals surface area contributed by atoms with Crippen LogP contribution in [0, 0.1) is 5.92 Å². The highest BCUT2D eigenvalue weighted by Crippen LogP contribution is 2.11. The molecule has 0 aromatic carbocycles. The Hall–Kier alpha value is -0.570. The standard InChI is InChI=1S/C10H20N2O/c1-7(2)9-6-12(8(3)4)10(13)5-11-9/h7-9,11H,5-6H2,1-4H3/t9-/m1/s1. The van der Waals surface area contributed by atoms with E-state index in [9.17, 15) is 4.79 Å². The second-order valence-electron chi connectivity index (χ2n) is 4.37. The van der Waals surface area contributed by atoms with E-state index in [1.165, 1.54) is 0 Å². The topological polar surface area (TPSA) is 32.3 Å². The second kappa shape index (κ2) is 4.09. The van der Waals surface area contributed by atoms with Crippen molar-refractivity contribution in [2.75, 3.05) is 13.1 Å². The lowest BCUT2D eigenvalue weighted by Crippen LogP contribution is -2.57. The first-order chi connectivity index (χ1) is 6.02. The van der Waals surface area contributed by atoms with Crippen molar-refractivity contribution in [2.45, 2.75) is 39.8 Å². The maximum Gasteiger partial charge on any atom is 0.236 e. The van der Waals surface area contributed by atoms with E-state index in [4.69, 9.17) is 0 Å². The minimum absolute atomic E-state index is 0.229. The molecule has 0 aromatic heterocycles. The Morgan fingerprint density at radius 2 is 2.00 bits per heavy atom. The zero-order chi connectivity index (χ0) is 10.0. The first-order valence-corrected chi connectivity index (χ1v) is 5.05. The van der Waals surface area contributed by atoms with Crippen LogP contribution in [0.3, 0.4) is 0 Å². The number of carbonyl (C=O) groups is 1. The first-order valence-electron chi connectivity index (χ1n) is 5.05. The predicted molar refractivity (Wildman–Crippen MR) is 53.5 cm³/mol. The average Bonchev–Trinajstić information content (AvgIpc) is 2.04. The van der Waals surface area contributed by atoms with Crippen LogP contribution < -0.4 is 5.32 Å². The van der Waals surface area contributed by atoms with Crippen LogP contribution in [0.1, 0.15) is 27.7 Å². The predicted octanol–water partition coefficient (Wildman–Crippen LogP) is 0.851. The smallest absolute Gasteiger partial charge is 0.236 e. The third-order valence-electron chi connectivity index (χ3n) is 2.66. The lowest BCUT2D eigenvalue weighted by atomic mass is 10.0. The number of rotatable bonds is 2. The molecule has 13 heavy (non-hydrogen) atoms. The Balaban J connectivity index is 2.58. The van der Waals surface area contributed by atoms with Crippen LogP contribution >= 0.6 is 0 Å². The van der Waals surface area contributed by atoms with Crippen molar-refractivity contribution in [1.82, 2.24) is 10.2 Å². The van der Waals surface area contributed by atoms with Gasteiger partial charge in [-0.1, -0.05) is 13.8 Å². The Kier molecular flexibility index (Phi) is 3.31. The molecule has 1 fully saturated rings. The number of amides is 1. The van der Waals surface area contributed by atoms with Crippen molar-refractivity contribution in [3.8, 4) is 0 Å². The fraction of sp³-hybridized carbons (Fsp3) is 0.900. The molecule has 3 heteroatoms. The van der Waals surface area contributed by atoms with Gasteiger partial charge in [-0.25, -0.2) is 0 Å². The third kappa shape index (κ3) is 2.44. The first kappa shape index (κ1) is 10.5. The Morgan fingerprint density at radius 3 is 2.46 bits per heavy atom. The molecule has 1 aliphatic rings. The zero-order valence-corrected chi connectivity index (χ0v) is 9.00. The van der Waals surface area contributed by atoms with Crippen molar-refractivity contribution < 1.29 is 4.79 Å². The van der Waals surface area contributed by atoms with Crippen molar-refractivity contribution in [3.63, 3.8) is 0 Å². The molecule has 0 radical (unpaired) electrons. The number of hydrogen-bond donors (Lipinski definition) is 1. The van der Waals surface area contributed by atoms with Gasteiger partial charge in [-0.15, -0.1) is 0 Å². The van der Waals surface area contributed by atoms with Gasteiger partial charge in [-0.2, -0.15) is 0 Å². The summed E-state index contributed by atoms with van der Waals surface area (Å²) < 4.78 is 0. The van der Waals surface area contributed by atoms with Crippen molar-refractivity contribution in [2.24, 2.45) is 5.92 Å². The highest BCUT2D eigenvalue weighted by Gasteiger charge is 2.27. The number of nitrogens with zero attached hydrogens (tertiary/aromatic N) is 1. The molecule has 1 heterocycles. The lowest BCUT2D eigenvalue weighted by molar-refractivity contribution is -0.135. The van der Waals surface area contributed by atoms with Crippen LogP contribution in [0.2, 0.25) is 0 Å². The summed E-state index contributed by atoms with van der Waals surface area (Å²) in [5.74, 6) is 0.821. The summed E-state index contributed by atoms with van der Waals surface area (Å²) in [7, 11) is 0. The normalized spacial score (nSPS) is 24.6. The van der Waals surface area contributed by atoms with Crippen molar-refractivity contribution in [3.05, 3.63) is 0 Å². The molecule has 1 atom stereocenters. The van der Waals surface area contributed by atoms with E-state index >= 15 is 0 Å². The SMILES string of the molecule is CC(C)[C@H]1CN(C(C)C)C(=O)CN1.